The number of rotatable bonds is 7. The van der Waals surface area contributed by atoms with Crippen molar-refractivity contribution in [2.24, 2.45) is 5.41 Å². The number of nitrogens with one attached hydrogen (secondary N) is 1. The highest BCUT2D eigenvalue weighted by Gasteiger charge is 2.20. The second kappa shape index (κ2) is 8.34. The molecule has 0 atom stereocenters. The van der Waals surface area contributed by atoms with Gasteiger partial charge in [0.25, 0.3) is 0 Å². The lowest BCUT2D eigenvalue weighted by Gasteiger charge is -2.17. The maximum atomic E-state index is 12.1. The molecule has 0 saturated carbocycles. The van der Waals surface area contributed by atoms with Crippen LogP contribution in [0.1, 0.15) is 46.9 Å². The summed E-state index contributed by atoms with van der Waals surface area (Å²) in [6.07, 6.45) is 1.28. The molecule has 0 radical (unpaired) electrons. The second-order valence-corrected chi connectivity index (χ2v) is 7.75. The zero-order valence-electron chi connectivity index (χ0n) is 16.3. The third-order valence-electron chi connectivity index (χ3n) is 3.93. The molecule has 2 aromatic rings. The Labute approximate surface area is 154 Å². The van der Waals surface area contributed by atoms with E-state index in [1.165, 1.54) is 0 Å². The van der Waals surface area contributed by atoms with Gasteiger partial charge in [-0.15, -0.1) is 0 Å². The number of esters is 1. The Bertz CT molecular complexity index is 772. The van der Waals surface area contributed by atoms with Crippen LogP contribution in [0.3, 0.4) is 0 Å². The number of benzene rings is 1. The molecule has 0 saturated heterocycles. The summed E-state index contributed by atoms with van der Waals surface area (Å²) in [5.41, 5.74) is 1.38. The van der Waals surface area contributed by atoms with Gasteiger partial charge >= 0.3 is 5.97 Å². The van der Waals surface area contributed by atoms with Gasteiger partial charge in [-0.1, -0.05) is 32.9 Å². The summed E-state index contributed by atoms with van der Waals surface area (Å²) in [6.45, 7) is 10.1. The molecule has 0 aliphatic rings. The molecular formula is C20H29N3O3. The zero-order chi connectivity index (χ0) is 19.3. The van der Waals surface area contributed by atoms with Crippen LogP contribution < -0.4 is 5.32 Å². The number of fused-ring (bicyclic) bond motifs is 1. The molecule has 1 aromatic carbocycles. The monoisotopic (exact) mass is 359 g/mol. The zero-order valence-corrected chi connectivity index (χ0v) is 16.3. The van der Waals surface area contributed by atoms with E-state index in [-0.39, 0.29) is 24.5 Å². The minimum Gasteiger partial charge on any atom is -0.462 e. The molecule has 0 spiro atoms. The van der Waals surface area contributed by atoms with Crippen molar-refractivity contribution in [1.82, 2.24) is 14.9 Å². The van der Waals surface area contributed by atoms with Crippen LogP contribution in [-0.4, -0.2) is 34.1 Å². The Hall–Kier alpha value is -2.37. The Kier molecular flexibility index (Phi) is 6.40. The average molecular weight is 359 g/mol. The van der Waals surface area contributed by atoms with Gasteiger partial charge in [0.2, 0.25) is 5.91 Å². The van der Waals surface area contributed by atoms with Crippen LogP contribution in [0.4, 0.5) is 0 Å². The minimum absolute atomic E-state index is 0.0338. The smallest absolute Gasteiger partial charge is 0.326 e. The van der Waals surface area contributed by atoms with Gasteiger partial charge < -0.3 is 14.6 Å². The highest BCUT2D eigenvalue weighted by Crippen LogP contribution is 2.18. The van der Waals surface area contributed by atoms with E-state index >= 15 is 0 Å². The Morgan fingerprint density at radius 1 is 1.23 bits per heavy atom. The molecular weight excluding hydrogens is 330 g/mol. The van der Waals surface area contributed by atoms with Gasteiger partial charge in [0.1, 0.15) is 12.4 Å². The summed E-state index contributed by atoms with van der Waals surface area (Å²) in [5, 5.41) is 2.95. The second-order valence-electron chi connectivity index (χ2n) is 7.75. The fourth-order valence-electron chi connectivity index (χ4n) is 2.64. The van der Waals surface area contributed by atoms with E-state index < -0.39 is 5.41 Å². The largest absolute Gasteiger partial charge is 0.462 e. The van der Waals surface area contributed by atoms with Gasteiger partial charge in [0, 0.05) is 18.4 Å². The summed E-state index contributed by atoms with van der Waals surface area (Å²) in [6, 6.07) is 7.75. The summed E-state index contributed by atoms with van der Waals surface area (Å²) in [4.78, 5) is 28.7. The van der Waals surface area contributed by atoms with Gasteiger partial charge in [-0.3, -0.25) is 9.59 Å². The lowest BCUT2D eigenvalue weighted by Crippen LogP contribution is -2.35. The van der Waals surface area contributed by atoms with E-state index in [0.717, 1.165) is 23.3 Å². The van der Waals surface area contributed by atoms with Crippen molar-refractivity contribution in [2.75, 3.05) is 6.54 Å². The van der Waals surface area contributed by atoms with E-state index in [0.29, 0.717) is 13.0 Å². The van der Waals surface area contributed by atoms with Crippen molar-refractivity contribution in [1.29, 1.82) is 0 Å². The highest BCUT2D eigenvalue weighted by molar-refractivity contribution is 5.81. The molecule has 142 valence electrons. The quantitative estimate of drug-likeness (QED) is 0.609. The van der Waals surface area contributed by atoms with Crippen molar-refractivity contribution in [3.8, 4) is 0 Å². The molecule has 0 aliphatic heterocycles. The lowest BCUT2D eigenvalue weighted by molar-refractivity contribution is -0.148. The van der Waals surface area contributed by atoms with Crippen molar-refractivity contribution in [3.63, 3.8) is 0 Å². The minimum atomic E-state index is -0.395. The number of para-hydroxylation sites is 2. The SMILES string of the molecule is CC(C)OC(=O)Cn1c(CCCNC(=O)C(C)(C)C)nc2ccccc21. The van der Waals surface area contributed by atoms with Crippen LogP contribution in [-0.2, 0) is 27.3 Å². The number of aryl methyl sites for hydroxylation is 1. The van der Waals surface area contributed by atoms with Crippen LogP contribution in [0.25, 0.3) is 11.0 Å². The number of hydrogen-bond donors (Lipinski definition) is 1. The Morgan fingerprint density at radius 2 is 1.92 bits per heavy atom. The Morgan fingerprint density at radius 3 is 2.58 bits per heavy atom. The standard InChI is InChI=1S/C20H29N3O3/c1-14(2)26-18(24)13-23-16-10-7-6-9-15(16)22-17(23)11-8-12-21-19(25)20(3,4)5/h6-7,9-10,14H,8,11-13H2,1-5H3,(H,21,25). The number of carbonyl (C=O) groups excluding carboxylic acids is 2. The van der Waals surface area contributed by atoms with Crippen LogP contribution in [0.2, 0.25) is 0 Å². The molecule has 1 N–H and O–H groups in total. The van der Waals surface area contributed by atoms with Crippen LogP contribution >= 0.6 is 0 Å². The maximum absolute atomic E-state index is 12.1. The van der Waals surface area contributed by atoms with Gasteiger partial charge in [-0.05, 0) is 32.4 Å². The summed E-state index contributed by atoms with van der Waals surface area (Å²) in [7, 11) is 0. The van der Waals surface area contributed by atoms with Crippen molar-refractivity contribution >= 4 is 22.9 Å². The number of amides is 1. The molecule has 6 heteroatoms. The normalized spacial score (nSPS) is 11.8. The summed E-state index contributed by atoms with van der Waals surface area (Å²) in [5.74, 6) is 0.592. The molecule has 0 fully saturated rings. The van der Waals surface area contributed by atoms with Gasteiger partial charge in [-0.2, -0.15) is 0 Å². The van der Waals surface area contributed by atoms with Crippen molar-refractivity contribution in [3.05, 3.63) is 30.1 Å². The molecule has 0 unspecified atom stereocenters. The molecule has 6 nitrogen and oxygen atoms in total. The maximum Gasteiger partial charge on any atom is 0.326 e. The number of hydrogen-bond acceptors (Lipinski definition) is 4. The fourth-order valence-corrected chi connectivity index (χ4v) is 2.64. The van der Waals surface area contributed by atoms with Gasteiger partial charge in [-0.25, -0.2) is 4.98 Å². The summed E-state index contributed by atoms with van der Waals surface area (Å²) < 4.78 is 7.19. The molecule has 1 heterocycles. The van der Waals surface area contributed by atoms with Crippen LogP contribution in [0, 0.1) is 5.41 Å². The van der Waals surface area contributed by atoms with E-state index in [4.69, 9.17) is 4.74 Å². The predicted molar refractivity (Wildman–Crippen MR) is 102 cm³/mol. The molecule has 0 aliphatic carbocycles. The third kappa shape index (κ3) is 5.31. The first kappa shape index (κ1) is 19.9. The number of nitrogens with zero attached hydrogens (tertiary/aromatic N) is 2. The molecule has 1 aromatic heterocycles. The third-order valence-corrected chi connectivity index (χ3v) is 3.93. The summed E-state index contributed by atoms with van der Waals surface area (Å²) >= 11 is 0. The fraction of sp³-hybridized carbons (Fsp3) is 0.550. The molecule has 26 heavy (non-hydrogen) atoms. The first-order valence-corrected chi connectivity index (χ1v) is 9.10. The van der Waals surface area contributed by atoms with E-state index in [1.807, 2.05) is 63.5 Å². The molecule has 0 bridgehead atoms. The lowest BCUT2D eigenvalue weighted by atomic mass is 9.96. The van der Waals surface area contributed by atoms with Crippen molar-refractivity contribution in [2.45, 2.75) is 60.1 Å². The molecule has 2 rings (SSSR count). The number of imidazole rings is 1. The number of carbonyl (C=O) groups is 2. The number of aromatic nitrogens is 2. The topological polar surface area (TPSA) is 73.2 Å². The number of ether oxygens (including phenoxy) is 1. The van der Waals surface area contributed by atoms with Crippen LogP contribution in [0.15, 0.2) is 24.3 Å². The van der Waals surface area contributed by atoms with Crippen LogP contribution in [0.5, 0.6) is 0 Å². The predicted octanol–water partition coefficient (Wildman–Crippen LogP) is 3.08. The van der Waals surface area contributed by atoms with E-state index in [9.17, 15) is 9.59 Å². The Balaban J connectivity index is 2.07. The average Bonchev–Trinajstić information content (AvgIpc) is 2.87. The molecule has 1 amide bonds. The van der Waals surface area contributed by atoms with Crippen molar-refractivity contribution < 1.29 is 14.3 Å². The first-order chi connectivity index (χ1) is 12.2. The van der Waals surface area contributed by atoms with E-state index in [2.05, 4.69) is 10.3 Å². The van der Waals surface area contributed by atoms with Gasteiger partial charge in [0.05, 0.1) is 17.1 Å². The van der Waals surface area contributed by atoms with E-state index in [1.54, 1.807) is 0 Å². The van der Waals surface area contributed by atoms with Gasteiger partial charge in [0.15, 0.2) is 0 Å². The highest BCUT2D eigenvalue weighted by atomic mass is 16.5. The first-order valence-electron chi connectivity index (χ1n) is 9.10.